The van der Waals surface area contributed by atoms with Crippen molar-refractivity contribution in [2.24, 2.45) is 16.8 Å². The third-order valence-electron chi connectivity index (χ3n) is 4.71. The Morgan fingerprint density at radius 1 is 1.29 bits per heavy atom. The Hall–Kier alpha value is -0.570. The summed E-state index contributed by atoms with van der Waals surface area (Å²) in [5.74, 6) is 1.02. The van der Waals surface area contributed by atoms with Crippen molar-refractivity contribution in [2.75, 3.05) is 53.4 Å². The summed E-state index contributed by atoms with van der Waals surface area (Å²) in [6.07, 6.45) is 2.31. The van der Waals surface area contributed by atoms with E-state index < -0.39 is 0 Å². The van der Waals surface area contributed by atoms with Crippen LogP contribution in [0.1, 0.15) is 33.6 Å². The van der Waals surface area contributed by atoms with Crippen LogP contribution in [0.25, 0.3) is 0 Å². The van der Waals surface area contributed by atoms with Crippen LogP contribution in [0.3, 0.4) is 0 Å². The number of esters is 1. The average molecular weight is 454 g/mol. The molecule has 0 aliphatic carbocycles. The van der Waals surface area contributed by atoms with E-state index in [0.29, 0.717) is 12.5 Å². The first-order chi connectivity index (χ1) is 11.1. The van der Waals surface area contributed by atoms with Gasteiger partial charge in [-0.25, -0.2) is 0 Å². The number of ether oxygens (including phenoxy) is 1. The Bertz CT molecular complexity index is 389. The van der Waals surface area contributed by atoms with E-state index in [1.165, 1.54) is 13.5 Å². The van der Waals surface area contributed by atoms with Gasteiger partial charge in [0.1, 0.15) is 0 Å². The molecule has 0 spiro atoms. The van der Waals surface area contributed by atoms with Crippen LogP contribution in [0, 0.1) is 11.8 Å². The zero-order valence-corrected chi connectivity index (χ0v) is 18.2. The van der Waals surface area contributed by atoms with Crippen molar-refractivity contribution in [3.63, 3.8) is 0 Å². The SMILES string of the molecule is CCN(CC)CCCCNC(=NC)N1CC(C)C(C(=O)OC)C1.I. The molecule has 0 amide bonds. The fourth-order valence-corrected chi connectivity index (χ4v) is 3.13. The Labute approximate surface area is 164 Å². The summed E-state index contributed by atoms with van der Waals surface area (Å²) in [7, 11) is 3.26. The van der Waals surface area contributed by atoms with E-state index >= 15 is 0 Å². The number of guanidine groups is 1. The lowest BCUT2D eigenvalue weighted by Gasteiger charge is -2.22. The first kappa shape index (κ1) is 23.4. The molecule has 0 bridgehead atoms. The van der Waals surface area contributed by atoms with E-state index in [4.69, 9.17) is 4.74 Å². The summed E-state index contributed by atoms with van der Waals surface area (Å²) >= 11 is 0. The monoisotopic (exact) mass is 454 g/mol. The number of hydrogen-bond donors (Lipinski definition) is 1. The molecule has 0 aromatic heterocycles. The minimum atomic E-state index is -0.116. The predicted molar refractivity (Wildman–Crippen MR) is 110 cm³/mol. The molecule has 0 radical (unpaired) electrons. The standard InChI is InChI=1S/C17H34N4O2.HI/c1-6-20(7-2)11-9-8-10-19-17(18-4)21-12-14(3)15(13-21)16(22)23-5;/h14-15H,6-13H2,1-5H3,(H,18,19);1H. The van der Waals surface area contributed by atoms with Gasteiger partial charge in [0.25, 0.3) is 0 Å². The summed E-state index contributed by atoms with van der Waals surface area (Å²) in [5.41, 5.74) is 0. The number of methoxy groups -OCH3 is 1. The highest BCUT2D eigenvalue weighted by molar-refractivity contribution is 14.0. The Morgan fingerprint density at radius 2 is 1.96 bits per heavy atom. The highest BCUT2D eigenvalue weighted by Crippen LogP contribution is 2.23. The summed E-state index contributed by atoms with van der Waals surface area (Å²) < 4.78 is 4.89. The topological polar surface area (TPSA) is 57.2 Å². The molecule has 2 atom stereocenters. The maximum atomic E-state index is 11.8. The lowest BCUT2D eigenvalue weighted by molar-refractivity contribution is -0.145. The number of carbonyl (C=O) groups excluding carboxylic acids is 1. The normalized spacial score (nSPS) is 20.9. The van der Waals surface area contributed by atoms with Gasteiger partial charge in [0.15, 0.2) is 5.96 Å². The summed E-state index contributed by atoms with van der Waals surface area (Å²) in [6.45, 7) is 12.3. The van der Waals surface area contributed by atoms with Crippen LogP contribution < -0.4 is 5.32 Å². The van der Waals surface area contributed by atoms with Gasteiger partial charge in [0, 0.05) is 26.7 Å². The molecular weight excluding hydrogens is 419 g/mol. The predicted octanol–water partition coefficient (Wildman–Crippen LogP) is 2.04. The van der Waals surface area contributed by atoms with Gasteiger partial charge >= 0.3 is 5.97 Å². The maximum Gasteiger partial charge on any atom is 0.310 e. The van der Waals surface area contributed by atoms with Crippen LogP contribution in [0.15, 0.2) is 4.99 Å². The highest BCUT2D eigenvalue weighted by Gasteiger charge is 2.36. The van der Waals surface area contributed by atoms with Gasteiger partial charge in [-0.3, -0.25) is 9.79 Å². The van der Waals surface area contributed by atoms with E-state index in [0.717, 1.165) is 45.1 Å². The Kier molecular flexibility index (Phi) is 12.4. The van der Waals surface area contributed by atoms with Crippen molar-refractivity contribution < 1.29 is 9.53 Å². The van der Waals surface area contributed by atoms with Crippen molar-refractivity contribution in [3.05, 3.63) is 0 Å². The second-order valence-corrected chi connectivity index (χ2v) is 6.22. The van der Waals surface area contributed by atoms with E-state index in [1.807, 2.05) is 0 Å². The highest BCUT2D eigenvalue weighted by atomic mass is 127. The largest absolute Gasteiger partial charge is 0.469 e. The van der Waals surface area contributed by atoms with Gasteiger partial charge in [-0.2, -0.15) is 0 Å². The summed E-state index contributed by atoms with van der Waals surface area (Å²) in [5, 5.41) is 3.42. The van der Waals surface area contributed by atoms with Crippen LogP contribution in [0.5, 0.6) is 0 Å². The molecule has 1 heterocycles. The van der Waals surface area contributed by atoms with Crippen molar-refractivity contribution >= 4 is 35.9 Å². The van der Waals surface area contributed by atoms with Crippen LogP contribution in [0.2, 0.25) is 0 Å². The number of nitrogens with one attached hydrogen (secondary N) is 1. The molecule has 1 saturated heterocycles. The van der Waals surface area contributed by atoms with Crippen molar-refractivity contribution in [1.82, 2.24) is 15.1 Å². The number of aliphatic imine (C=N–C) groups is 1. The second-order valence-electron chi connectivity index (χ2n) is 6.22. The fraction of sp³-hybridized carbons (Fsp3) is 0.882. The molecule has 7 heteroatoms. The van der Waals surface area contributed by atoms with E-state index in [2.05, 4.69) is 40.9 Å². The summed E-state index contributed by atoms with van der Waals surface area (Å²) in [6, 6.07) is 0. The first-order valence-electron chi connectivity index (χ1n) is 8.83. The van der Waals surface area contributed by atoms with Gasteiger partial charge in [-0.15, -0.1) is 24.0 Å². The van der Waals surface area contributed by atoms with Crippen LogP contribution in [0.4, 0.5) is 0 Å². The third kappa shape index (κ3) is 7.13. The van der Waals surface area contributed by atoms with Crippen LogP contribution in [-0.2, 0) is 9.53 Å². The van der Waals surface area contributed by atoms with Gasteiger partial charge in [0.2, 0.25) is 0 Å². The molecule has 0 saturated carbocycles. The molecule has 1 aliphatic heterocycles. The molecule has 1 fully saturated rings. The number of carbonyl (C=O) groups is 1. The smallest absolute Gasteiger partial charge is 0.310 e. The molecule has 142 valence electrons. The number of likely N-dealkylation sites (tertiary alicyclic amines) is 1. The number of hydrogen-bond acceptors (Lipinski definition) is 4. The average Bonchev–Trinajstić information content (AvgIpc) is 2.95. The molecule has 0 aromatic rings. The van der Waals surface area contributed by atoms with Crippen LogP contribution in [-0.4, -0.2) is 75.2 Å². The minimum Gasteiger partial charge on any atom is -0.469 e. The quantitative estimate of drug-likeness (QED) is 0.200. The van der Waals surface area contributed by atoms with Gasteiger partial charge in [-0.1, -0.05) is 20.8 Å². The molecule has 2 unspecified atom stereocenters. The lowest BCUT2D eigenvalue weighted by atomic mass is 9.99. The van der Waals surface area contributed by atoms with E-state index in [1.54, 1.807) is 7.05 Å². The second kappa shape index (κ2) is 12.7. The molecule has 0 aromatic carbocycles. The van der Waals surface area contributed by atoms with Gasteiger partial charge < -0.3 is 19.9 Å². The number of halogens is 1. The molecule has 1 aliphatic rings. The molecule has 24 heavy (non-hydrogen) atoms. The fourth-order valence-electron chi connectivity index (χ4n) is 3.13. The van der Waals surface area contributed by atoms with Gasteiger partial charge in [0.05, 0.1) is 13.0 Å². The number of nitrogens with zero attached hydrogens (tertiary/aromatic N) is 3. The van der Waals surface area contributed by atoms with Crippen molar-refractivity contribution in [3.8, 4) is 0 Å². The van der Waals surface area contributed by atoms with E-state index in [9.17, 15) is 4.79 Å². The Balaban J connectivity index is 0.00000529. The molecule has 1 rings (SSSR count). The van der Waals surface area contributed by atoms with E-state index in [-0.39, 0.29) is 35.9 Å². The lowest BCUT2D eigenvalue weighted by Crippen LogP contribution is -2.41. The molecule has 6 nitrogen and oxygen atoms in total. The summed E-state index contributed by atoms with van der Waals surface area (Å²) in [4.78, 5) is 20.8. The van der Waals surface area contributed by atoms with Crippen LogP contribution >= 0.6 is 24.0 Å². The van der Waals surface area contributed by atoms with Crippen molar-refractivity contribution in [1.29, 1.82) is 0 Å². The molecular formula is C17H35IN4O2. The number of rotatable bonds is 8. The minimum absolute atomic E-state index is 0. The maximum absolute atomic E-state index is 11.8. The van der Waals surface area contributed by atoms with Crippen molar-refractivity contribution in [2.45, 2.75) is 33.6 Å². The zero-order chi connectivity index (χ0) is 17.2. The Morgan fingerprint density at radius 3 is 2.50 bits per heavy atom. The third-order valence-corrected chi connectivity index (χ3v) is 4.71. The first-order valence-corrected chi connectivity index (χ1v) is 8.83. The molecule has 1 N–H and O–H groups in total. The number of unbranched alkanes of at least 4 members (excludes halogenated alkanes) is 1. The van der Waals surface area contributed by atoms with Gasteiger partial charge in [-0.05, 0) is 38.4 Å². The zero-order valence-electron chi connectivity index (χ0n) is 15.9.